The molecule has 0 spiro atoms. The van der Waals surface area contributed by atoms with Crippen LogP contribution in [0, 0.1) is 0 Å². The van der Waals surface area contributed by atoms with Crippen LogP contribution in [0.25, 0.3) is 0 Å². The molecule has 0 aromatic carbocycles. The Labute approximate surface area is 155 Å². The number of carbonyl (C=O) groups is 2. The lowest BCUT2D eigenvalue weighted by Crippen LogP contribution is -2.56. The SMILES string of the molecule is C[Si](C)(C)O[Si](C)(COC(=O)C=CC(=O)OCC(F)(F)F)O[Si](C)(C)C. The number of hydrogen-bond donors (Lipinski definition) is 0. The van der Waals surface area contributed by atoms with Crippen molar-refractivity contribution < 1.29 is 40.5 Å². The van der Waals surface area contributed by atoms with E-state index in [9.17, 15) is 22.8 Å². The predicted octanol–water partition coefficient (Wildman–Crippen LogP) is 3.51. The van der Waals surface area contributed by atoms with Gasteiger partial charge in [-0.3, -0.25) is 0 Å². The molecule has 152 valence electrons. The van der Waals surface area contributed by atoms with E-state index in [2.05, 4.69) is 4.74 Å². The Morgan fingerprint density at radius 1 is 0.808 bits per heavy atom. The molecule has 0 fully saturated rings. The predicted molar refractivity (Wildman–Crippen MR) is 97.6 cm³/mol. The second kappa shape index (κ2) is 9.30. The topological polar surface area (TPSA) is 71.1 Å². The molecule has 0 unspecified atom stereocenters. The number of carbonyl (C=O) groups excluding carboxylic acids is 2. The van der Waals surface area contributed by atoms with E-state index in [1.165, 1.54) is 0 Å². The minimum atomic E-state index is -4.63. The molecule has 0 N–H and O–H groups in total. The summed E-state index contributed by atoms with van der Waals surface area (Å²) in [7, 11) is -6.72. The van der Waals surface area contributed by atoms with Gasteiger partial charge in [-0.2, -0.15) is 13.2 Å². The van der Waals surface area contributed by atoms with Crippen LogP contribution in [0.3, 0.4) is 0 Å². The maximum atomic E-state index is 11.9. The first-order valence-corrected chi connectivity index (χ1v) is 17.2. The molecule has 0 saturated heterocycles. The van der Waals surface area contributed by atoms with Gasteiger partial charge in [-0.1, -0.05) is 0 Å². The van der Waals surface area contributed by atoms with Gasteiger partial charge >= 0.3 is 26.7 Å². The van der Waals surface area contributed by atoms with E-state index in [4.69, 9.17) is 13.0 Å². The normalized spacial score (nSPS) is 13.8. The molecule has 0 saturated carbocycles. The molecular weight excluding hydrogens is 405 g/mol. The van der Waals surface area contributed by atoms with E-state index in [1.807, 2.05) is 39.3 Å². The number of alkyl halides is 3. The molecule has 0 atom stereocenters. The number of rotatable bonds is 9. The van der Waals surface area contributed by atoms with Gasteiger partial charge in [0.2, 0.25) is 0 Å². The van der Waals surface area contributed by atoms with Crippen LogP contribution in [0.2, 0.25) is 45.8 Å². The summed E-state index contributed by atoms with van der Waals surface area (Å²) in [6.45, 7) is 12.0. The summed E-state index contributed by atoms with van der Waals surface area (Å²) in [6, 6.07) is 0. The third-order valence-electron chi connectivity index (χ3n) is 2.25. The van der Waals surface area contributed by atoms with Crippen molar-refractivity contribution in [3.63, 3.8) is 0 Å². The molecule has 0 aromatic heterocycles. The minimum Gasteiger partial charge on any atom is -0.461 e. The molecule has 0 bridgehead atoms. The minimum absolute atomic E-state index is 0.0810. The van der Waals surface area contributed by atoms with Crippen molar-refractivity contribution in [2.24, 2.45) is 0 Å². The number of hydrogen-bond acceptors (Lipinski definition) is 6. The smallest absolute Gasteiger partial charge is 0.422 e. The van der Waals surface area contributed by atoms with E-state index < -0.39 is 49.9 Å². The Morgan fingerprint density at radius 3 is 1.54 bits per heavy atom. The van der Waals surface area contributed by atoms with Crippen LogP contribution >= 0.6 is 0 Å². The van der Waals surface area contributed by atoms with Gasteiger partial charge in [0.05, 0.1) is 0 Å². The van der Waals surface area contributed by atoms with Crippen LogP contribution in [0.15, 0.2) is 12.2 Å². The van der Waals surface area contributed by atoms with Crippen LogP contribution in [0.4, 0.5) is 13.2 Å². The van der Waals surface area contributed by atoms with Crippen LogP contribution in [-0.4, -0.2) is 56.1 Å². The molecular formula is C14H27F3O6Si3. The van der Waals surface area contributed by atoms with E-state index in [0.717, 1.165) is 6.08 Å². The first kappa shape index (κ1) is 25.0. The molecule has 6 nitrogen and oxygen atoms in total. The van der Waals surface area contributed by atoms with Crippen LogP contribution in [0.5, 0.6) is 0 Å². The summed E-state index contributed by atoms with van der Waals surface area (Å²) in [5, 5.41) is 0. The summed E-state index contributed by atoms with van der Waals surface area (Å²) < 4.78 is 57.1. The highest BCUT2D eigenvalue weighted by atomic mass is 28.5. The molecule has 0 aliphatic carbocycles. The van der Waals surface area contributed by atoms with E-state index in [-0.39, 0.29) is 6.23 Å². The fraction of sp³-hybridized carbons (Fsp3) is 0.714. The Hall–Kier alpha value is -0.959. The van der Waals surface area contributed by atoms with Crippen molar-refractivity contribution in [1.29, 1.82) is 0 Å². The highest BCUT2D eigenvalue weighted by Gasteiger charge is 2.41. The fourth-order valence-corrected chi connectivity index (χ4v) is 13.7. The molecule has 0 aliphatic heterocycles. The maximum Gasteiger partial charge on any atom is 0.422 e. The van der Waals surface area contributed by atoms with E-state index in [1.54, 1.807) is 6.55 Å². The third-order valence-corrected chi connectivity index (χ3v) is 11.3. The van der Waals surface area contributed by atoms with Gasteiger partial charge in [-0.05, 0) is 45.8 Å². The fourth-order valence-electron chi connectivity index (χ4n) is 1.96. The van der Waals surface area contributed by atoms with Gasteiger partial charge in [0, 0.05) is 12.2 Å². The summed E-state index contributed by atoms with van der Waals surface area (Å²) >= 11 is 0. The van der Waals surface area contributed by atoms with E-state index in [0.29, 0.717) is 6.08 Å². The Kier molecular flexibility index (Phi) is 8.96. The molecule has 0 radical (unpaired) electrons. The van der Waals surface area contributed by atoms with Crippen LogP contribution in [0.1, 0.15) is 0 Å². The molecule has 0 heterocycles. The average molecular weight is 433 g/mol. The lowest BCUT2D eigenvalue weighted by Gasteiger charge is -2.37. The summed E-state index contributed by atoms with van der Waals surface area (Å²) in [5.41, 5.74) is 0. The van der Waals surface area contributed by atoms with Gasteiger partial charge in [-0.15, -0.1) is 0 Å². The number of ether oxygens (including phenoxy) is 2. The number of halogens is 3. The first-order valence-electron chi connectivity index (χ1n) is 7.90. The summed E-state index contributed by atoms with van der Waals surface area (Å²) in [4.78, 5) is 22.8. The lowest BCUT2D eigenvalue weighted by atomic mass is 10.5. The highest BCUT2D eigenvalue weighted by molar-refractivity contribution is 6.87. The van der Waals surface area contributed by atoms with Crippen molar-refractivity contribution in [1.82, 2.24) is 0 Å². The highest BCUT2D eigenvalue weighted by Crippen LogP contribution is 2.21. The van der Waals surface area contributed by atoms with Crippen LogP contribution in [-0.2, 0) is 27.3 Å². The largest absolute Gasteiger partial charge is 0.461 e. The summed E-state index contributed by atoms with van der Waals surface area (Å²) in [5.74, 6) is -2.16. The maximum absolute atomic E-state index is 11.9. The Balaban J connectivity index is 4.74. The second-order valence-electron chi connectivity index (χ2n) is 7.73. The van der Waals surface area contributed by atoms with Crippen molar-refractivity contribution in [3.8, 4) is 0 Å². The standard InChI is InChI=1S/C14H27F3O6Si3/c1-24(2,3)22-26(7,23-25(4,5)6)11-21-13(19)9-8-12(18)20-10-14(15,16)17/h8-9H,10-11H2,1-7H3. The average Bonchev–Trinajstić information content (AvgIpc) is 2.35. The Bertz CT molecular complexity index is 507. The molecule has 0 rings (SSSR count). The van der Waals surface area contributed by atoms with Gasteiger partial charge in [0.25, 0.3) is 0 Å². The van der Waals surface area contributed by atoms with Crippen molar-refractivity contribution in [3.05, 3.63) is 12.2 Å². The van der Waals surface area contributed by atoms with Gasteiger partial charge < -0.3 is 17.7 Å². The molecule has 0 amide bonds. The molecule has 12 heteroatoms. The Morgan fingerprint density at radius 2 is 1.19 bits per heavy atom. The van der Waals surface area contributed by atoms with Gasteiger partial charge in [-0.25, -0.2) is 9.59 Å². The molecule has 0 aliphatic rings. The second-order valence-corrected chi connectivity index (χ2v) is 20.4. The molecule has 26 heavy (non-hydrogen) atoms. The van der Waals surface area contributed by atoms with E-state index >= 15 is 0 Å². The van der Waals surface area contributed by atoms with Crippen molar-refractivity contribution >= 4 is 37.1 Å². The van der Waals surface area contributed by atoms with Crippen LogP contribution < -0.4 is 0 Å². The number of esters is 2. The summed E-state index contributed by atoms with van der Waals surface area (Å²) in [6.07, 6.45) is -3.40. The quantitative estimate of drug-likeness (QED) is 0.315. The van der Waals surface area contributed by atoms with Gasteiger partial charge in [0.15, 0.2) is 23.2 Å². The lowest BCUT2D eigenvalue weighted by molar-refractivity contribution is -0.182. The van der Waals surface area contributed by atoms with Crippen molar-refractivity contribution in [2.45, 2.75) is 52.0 Å². The zero-order valence-corrected chi connectivity index (χ0v) is 19.2. The zero-order chi connectivity index (χ0) is 20.8. The third kappa shape index (κ3) is 14.2. The monoisotopic (exact) mass is 432 g/mol. The van der Waals surface area contributed by atoms with Crippen molar-refractivity contribution in [2.75, 3.05) is 12.8 Å². The zero-order valence-electron chi connectivity index (χ0n) is 16.2. The van der Waals surface area contributed by atoms with Gasteiger partial charge in [0.1, 0.15) is 6.23 Å². The molecule has 0 aromatic rings. The first-order chi connectivity index (χ1) is 11.4.